The number of anilines is 2. The van der Waals surface area contributed by atoms with Gasteiger partial charge in [-0.3, -0.25) is 9.10 Å². The van der Waals surface area contributed by atoms with Crippen molar-refractivity contribution in [3.63, 3.8) is 0 Å². The molecule has 6 heteroatoms. The van der Waals surface area contributed by atoms with Crippen LogP contribution >= 0.6 is 0 Å². The van der Waals surface area contributed by atoms with Gasteiger partial charge in [-0.1, -0.05) is 42.0 Å². The fourth-order valence-electron chi connectivity index (χ4n) is 3.10. The average Bonchev–Trinajstić information content (AvgIpc) is 2.76. The van der Waals surface area contributed by atoms with Crippen LogP contribution < -0.4 is 9.21 Å². The van der Waals surface area contributed by atoms with Crippen LogP contribution in [0.3, 0.4) is 0 Å². The lowest BCUT2D eigenvalue weighted by atomic mass is 10.1. The minimum Gasteiger partial charge on any atom is -0.310 e. The molecule has 0 atom stereocenters. The first-order valence-corrected chi connectivity index (χ1v) is 10.1. The third-order valence-electron chi connectivity index (χ3n) is 4.36. The number of carbonyl (C=O) groups is 1. The topological polar surface area (TPSA) is 57.7 Å². The van der Waals surface area contributed by atoms with Gasteiger partial charge in [0.05, 0.1) is 24.1 Å². The van der Waals surface area contributed by atoms with E-state index in [1.54, 1.807) is 17.0 Å². The van der Waals surface area contributed by atoms with Crippen molar-refractivity contribution < 1.29 is 13.2 Å². The Morgan fingerprint density at radius 1 is 1.00 bits per heavy atom. The third kappa shape index (κ3) is 3.85. The minimum atomic E-state index is -3.38. The van der Waals surface area contributed by atoms with Gasteiger partial charge in [0, 0.05) is 13.1 Å². The van der Waals surface area contributed by atoms with Crippen molar-refractivity contribution in [2.24, 2.45) is 0 Å². The Morgan fingerprint density at radius 3 is 2.28 bits per heavy atom. The van der Waals surface area contributed by atoms with Crippen LogP contribution in [0.15, 0.2) is 48.5 Å². The number of benzene rings is 2. The van der Waals surface area contributed by atoms with E-state index in [-0.39, 0.29) is 5.91 Å². The predicted octanol–water partition coefficient (Wildman–Crippen LogP) is 2.74. The van der Waals surface area contributed by atoms with E-state index in [4.69, 9.17) is 0 Å². The first kappa shape index (κ1) is 17.5. The smallest absolute Gasteiger partial charge is 0.232 e. The summed E-state index contributed by atoms with van der Waals surface area (Å²) < 4.78 is 25.6. The number of para-hydroxylation sites is 2. The molecule has 0 aromatic heterocycles. The van der Waals surface area contributed by atoms with Crippen molar-refractivity contribution >= 4 is 27.3 Å². The SMILES string of the molecule is Cc1ccc(CC(=O)N2CCCN(S(C)(=O)=O)c3ccccc32)cc1. The molecule has 0 saturated carbocycles. The highest BCUT2D eigenvalue weighted by molar-refractivity contribution is 7.92. The van der Waals surface area contributed by atoms with E-state index in [0.29, 0.717) is 37.3 Å². The molecule has 25 heavy (non-hydrogen) atoms. The molecule has 1 aliphatic heterocycles. The Morgan fingerprint density at radius 2 is 1.64 bits per heavy atom. The molecule has 2 aromatic rings. The first-order valence-electron chi connectivity index (χ1n) is 8.29. The number of rotatable bonds is 3. The van der Waals surface area contributed by atoms with Gasteiger partial charge in [-0.05, 0) is 31.0 Å². The number of hydrogen-bond donors (Lipinski definition) is 0. The molecule has 2 aromatic carbocycles. The molecule has 0 spiro atoms. The monoisotopic (exact) mass is 358 g/mol. The summed E-state index contributed by atoms with van der Waals surface area (Å²) in [5.74, 6) is -0.0216. The molecule has 0 N–H and O–H groups in total. The highest BCUT2D eigenvalue weighted by Gasteiger charge is 2.28. The van der Waals surface area contributed by atoms with Crippen LogP contribution in [0.25, 0.3) is 0 Å². The summed E-state index contributed by atoms with van der Waals surface area (Å²) in [4.78, 5) is 14.6. The van der Waals surface area contributed by atoms with Gasteiger partial charge in [0.25, 0.3) is 0 Å². The van der Waals surface area contributed by atoms with E-state index >= 15 is 0 Å². The lowest BCUT2D eigenvalue weighted by Crippen LogP contribution is -2.32. The minimum absolute atomic E-state index is 0.0216. The second kappa shape index (κ2) is 6.88. The molecule has 3 rings (SSSR count). The molecule has 0 fully saturated rings. The number of amides is 1. The molecule has 1 aliphatic rings. The Labute approximate surface area is 148 Å². The maximum Gasteiger partial charge on any atom is 0.232 e. The summed E-state index contributed by atoms with van der Waals surface area (Å²) in [6.07, 6.45) is 2.10. The summed E-state index contributed by atoms with van der Waals surface area (Å²) >= 11 is 0. The maximum atomic E-state index is 12.9. The maximum absolute atomic E-state index is 12.9. The Kier molecular flexibility index (Phi) is 4.81. The van der Waals surface area contributed by atoms with Gasteiger partial charge >= 0.3 is 0 Å². The summed E-state index contributed by atoms with van der Waals surface area (Å²) in [5, 5.41) is 0. The van der Waals surface area contributed by atoms with Crippen molar-refractivity contribution in [1.82, 2.24) is 0 Å². The lowest BCUT2D eigenvalue weighted by molar-refractivity contribution is -0.118. The predicted molar refractivity (Wildman–Crippen MR) is 100 cm³/mol. The molecule has 0 bridgehead atoms. The standard InChI is InChI=1S/C19H22N2O3S/c1-15-8-10-16(11-9-15)14-19(22)20-12-5-13-21(25(2,23)24)18-7-4-3-6-17(18)20/h3-4,6-11H,5,12-14H2,1-2H3. The second-order valence-corrected chi connectivity index (χ2v) is 8.29. The molecule has 1 amide bonds. The third-order valence-corrected chi connectivity index (χ3v) is 5.54. The van der Waals surface area contributed by atoms with Gasteiger partial charge in [0.15, 0.2) is 0 Å². The van der Waals surface area contributed by atoms with Crippen molar-refractivity contribution in [3.05, 3.63) is 59.7 Å². The highest BCUT2D eigenvalue weighted by atomic mass is 32.2. The fourth-order valence-corrected chi connectivity index (χ4v) is 4.07. The van der Waals surface area contributed by atoms with Gasteiger partial charge in [-0.15, -0.1) is 0 Å². The van der Waals surface area contributed by atoms with Crippen molar-refractivity contribution in [2.75, 3.05) is 28.6 Å². The van der Waals surface area contributed by atoms with Crippen LogP contribution in [0.4, 0.5) is 11.4 Å². The molecule has 1 heterocycles. The van der Waals surface area contributed by atoms with Crippen LogP contribution in [-0.4, -0.2) is 33.7 Å². The Balaban J connectivity index is 1.93. The van der Waals surface area contributed by atoms with Crippen LogP contribution in [0.5, 0.6) is 0 Å². The molecular formula is C19H22N2O3S. The van der Waals surface area contributed by atoms with Crippen molar-refractivity contribution in [3.8, 4) is 0 Å². The van der Waals surface area contributed by atoms with Gasteiger partial charge in [-0.25, -0.2) is 8.42 Å². The quantitative estimate of drug-likeness (QED) is 0.848. The Hall–Kier alpha value is -2.34. The van der Waals surface area contributed by atoms with E-state index in [0.717, 1.165) is 11.1 Å². The number of hydrogen-bond acceptors (Lipinski definition) is 3. The van der Waals surface area contributed by atoms with E-state index in [2.05, 4.69) is 0 Å². The van der Waals surface area contributed by atoms with Crippen LogP contribution in [-0.2, 0) is 21.2 Å². The zero-order valence-corrected chi connectivity index (χ0v) is 15.3. The molecule has 132 valence electrons. The zero-order chi connectivity index (χ0) is 18.0. The number of fused-ring (bicyclic) bond motifs is 1. The lowest BCUT2D eigenvalue weighted by Gasteiger charge is -2.25. The average molecular weight is 358 g/mol. The summed E-state index contributed by atoms with van der Waals surface area (Å²) in [5.41, 5.74) is 3.33. The van der Waals surface area contributed by atoms with E-state index in [9.17, 15) is 13.2 Å². The molecule has 0 radical (unpaired) electrons. The van der Waals surface area contributed by atoms with Crippen LogP contribution in [0.1, 0.15) is 17.5 Å². The van der Waals surface area contributed by atoms with Gasteiger partial charge in [0.1, 0.15) is 0 Å². The highest BCUT2D eigenvalue weighted by Crippen LogP contribution is 2.33. The van der Waals surface area contributed by atoms with Crippen LogP contribution in [0.2, 0.25) is 0 Å². The number of aryl methyl sites for hydroxylation is 1. The Bertz CT molecular complexity index is 876. The summed E-state index contributed by atoms with van der Waals surface area (Å²) in [7, 11) is -3.38. The number of carbonyl (C=O) groups excluding carboxylic acids is 1. The van der Waals surface area contributed by atoms with Gasteiger partial charge < -0.3 is 4.90 Å². The van der Waals surface area contributed by atoms with Crippen molar-refractivity contribution in [1.29, 1.82) is 0 Å². The molecular weight excluding hydrogens is 336 g/mol. The molecule has 0 aliphatic carbocycles. The largest absolute Gasteiger partial charge is 0.310 e. The molecule has 0 unspecified atom stereocenters. The van der Waals surface area contributed by atoms with E-state index in [1.807, 2.05) is 43.3 Å². The molecule has 5 nitrogen and oxygen atoms in total. The fraction of sp³-hybridized carbons (Fsp3) is 0.316. The van der Waals surface area contributed by atoms with Gasteiger partial charge in [-0.2, -0.15) is 0 Å². The first-order chi connectivity index (χ1) is 11.9. The van der Waals surface area contributed by atoms with Crippen molar-refractivity contribution in [2.45, 2.75) is 19.8 Å². The zero-order valence-electron chi connectivity index (χ0n) is 14.5. The van der Waals surface area contributed by atoms with Gasteiger partial charge in [0.2, 0.25) is 15.9 Å². The number of nitrogens with zero attached hydrogens (tertiary/aromatic N) is 2. The summed E-state index contributed by atoms with van der Waals surface area (Å²) in [6, 6.07) is 15.1. The van der Waals surface area contributed by atoms with E-state index < -0.39 is 10.0 Å². The number of sulfonamides is 1. The second-order valence-electron chi connectivity index (χ2n) is 6.39. The van der Waals surface area contributed by atoms with E-state index in [1.165, 1.54) is 10.6 Å². The summed E-state index contributed by atoms with van der Waals surface area (Å²) in [6.45, 7) is 2.90. The molecule has 0 saturated heterocycles. The van der Waals surface area contributed by atoms with Crippen LogP contribution in [0, 0.1) is 6.92 Å². The normalized spacial score (nSPS) is 14.8.